The number of rotatable bonds is 4. The van der Waals surface area contributed by atoms with E-state index < -0.39 is 0 Å². The molecule has 1 heterocycles. The number of β-amino-alcohol motifs (C(OH)–C–C–N with tert-alkyl or cyclic N) is 1. The van der Waals surface area contributed by atoms with Gasteiger partial charge in [-0.2, -0.15) is 0 Å². The van der Waals surface area contributed by atoms with Gasteiger partial charge < -0.3 is 5.11 Å². The van der Waals surface area contributed by atoms with Crippen LogP contribution in [-0.2, 0) is 0 Å². The van der Waals surface area contributed by atoms with Gasteiger partial charge in [0, 0.05) is 38.8 Å². The number of aliphatic hydroxyl groups is 1. The molecule has 3 heteroatoms. The summed E-state index contributed by atoms with van der Waals surface area (Å²) in [5.74, 6) is 1.00. The third kappa shape index (κ3) is 3.67. The van der Waals surface area contributed by atoms with Gasteiger partial charge >= 0.3 is 0 Å². The fraction of sp³-hybridized carbons (Fsp3) is 1.00. The van der Waals surface area contributed by atoms with Crippen LogP contribution in [-0.4, -0.2) is 60.3 Å². The smallest absolute Gasteiger partial charge is 0.0558 e. The van der Waals surface area contributed by atoms with Crippen molar-refractivity contribution in [3.8, 4) is 0 Å². The van der Waals surface area contributed by atoms with Crippen LogP contribution in [0, 0.1) is 5.92 Å². The van der Waals surface area contributed by atoms with Crippen molar-refractivity contribution in [2.24, 2.45) is 5.92 Å². The Morgan fingerprint density at radius 3 is 2.18 bits per heavy atom. The summed E-state index contributed by atoms with van der Waals surface area (Å²) in [4.78, 5) is 5.08. The molecule has 1 saturated heterocycles. The first-order valence-corrected chi connectivity index (χ1v) is 7.40. The monoisotopic (exact) mass is 240 g/mol. The third-order valence-electron chi connectivity index (χ3n) is 4.73. The molecular formula is C14H28N2O. The van der Waals surface area contributed by atoms with Gasteiger partial charge in [0.1, 0.15) is 0 Å². The summed E-state index contributed by atoms with van der Waals surface area (Å²) in [5, 5.41) is 8.93. The van der Waals surface area contributed by atoms with Crippen LogP contribution in [0.1, 0.15) is 39.0 Å². The second kappa shape index (κ2) is 6.72. The van der Waals surface area contributed by atoms with Gasteiger partial charge in [0.25, 0.3) is 0 Å². The predicted octanol–water partition coefficient (Wildman–Crippen LogP) is 1.57. The second-order valence-corrected chi connectivity index (χ2v) is 5.68. The number of piperazine rings is 1. The van der Waals surface area contributed by atoms with E-state index in [1.165, 1.54) is 45.2 Å². The SMILES string of the molecule is CCC1CCC(N2CCN(CCO)CC2)CC1. The normalized spacial score (nSPS) is 32.8. The van der Waals surface area contributed by atoms with Crippen molar-refractivity contribution in [3.05, 3.63) is 0 Å². The quantitative estimate of drug-likeness (QED) is 0.808. The molecule has 17 heavy (non-hydrogen) atoms. The average Bonchev–Trinajstić information content (AvgIpc) is 2.40. The Labute approximate surface area is 106 Å². The van der Waals surface area contributed by atoms with Crippen molar-refractivity contribution >= 4 is 0 Å². The Hall–Kier alpha value is -0.120. The van der Waals surface area contributed by atoms with Crippen molar-refractivity contribution in [1.29, 1.82) is 0 Å². The highest BCUT2D eigenvalue weighted by atomic mass is 16.3. The highest BCUT2D eigenvalue weighted by Gasteiger charge is 2.27. The maximum atomic E-state index is 8.93. The largest absolute Gasteiger partial charge is 0.395 e. The van der Waals surface area contributed by atoms with Crippen LogP contribution < -0.4 is 0 Å². The Bertz CT molecular complexity index is 206. The highest BCUT2D eigenvalue weighted by Crippen LogP contribution is 2.29. The van der Waals surface area contributed by atoms with Crippen molar-refractivity contribution < 1.29 is 5.11 Å². The minimum Gasteiger partial charge on any atom is -0.395 e. The molecule has 2 rings (SSSR count). The maximum Gasteiger partial charge on any atom is 0.0558 e. The van der Waals surface area contributed by atoms with E-state index in [4.69, 9.17) is 5.11 Å². The van der Waals surface area contributed by atoms with Gasteiger partial charge in [-0.05, 0) is 31.6 Å². The summed E-state index contributed by atoms with van der Waals surface area (Å²) >= 11 is 0. The van der Waals surface area contributed by atoms with E-state index in [1.807, 2.05) is 0 Å². The molecule has 0 aromatic rings. The molecule has 100 valence electrons. The topological polar surface area (TPSA) is 26.7 Å². The molecule has 2 aliphatic rings. The number of aliphatic hydroxyl groups excluding tert-OH is 1. The lowest BCUT2D eigenvalue weighted by Crippen LogP contribution is -2.51. The molecule has 1 N–H and O–H groups in total. The van der Waals surface area contributed by atoms with E-state index in [1.54, 1.807) is 0 Å². The van der Waals surface area contributed by atoms with Gasteiger partial charge in [-0.15, -0.1) is 0 Å². The van der Waals surface area contributed by atoms with Gasteiger partial charge in [-0.1, -0.05) is 13.3 Å². The zero-order chi connectivity index (χ0) is 12.1. The lowest BCUT2D eigenvalue weighted by Gasteiger charge is -2.41. The molecular weight excluding hydrogens is 212 g/mol. The molecule has 0 atom stereocenters. The van der Waals surface area contributed by atoms with E-state index in [0.717, 1.165) is 31.6 Å². The first-order valence-electron chi connectivity index (χ1n) is 7.40. The third-order valence-corrected chi connectivity index (χ3v) is 4.73. The van der Waals surface area contributed by atoms with E-state index in [0.29, 0.717) is 6.61 Å². The van der Waals surface area contributed by atoms with E-state index in [9.17, 15) is 0 Å². The molecule has 0 amide bonds. The summed E-state index contributed by atoms with van der Waals surface area (Å²) in [6, 6.07) is 0.856. The van der Waals surface area contributed by atoms with Gasteiger partial charge in [0.15, 0.2) is 0 Å². The van der Waals surface area contributed by atoms with Crippen LogP contribution in [0.2, 0.25) is 0 Å². The molecule has 0 spiro atoms. The first kappa shape index (κ1) is 13.3. The van der Waals surface area contributed by atoms with Crippen LogP contribution in [0.15, 0.2) is 0 Å². The number of nitrogens with zero attached hydrogens (tertiary/aromatic N) is 2. The fourth-order valence-corrected chi connectivity index (χ4v) is 3.41. The Kier molecular flexibility index (Phi) is 5.26. The molecule has 0 aromatic heterocycles. The molecule has 0 unspecified atom stereocenters. The molecule has 1 aliphatic heterocycles. The van der Waals surface area contributed by atoms with E-state index >= 15 is 0 Å². The highest BCUT2D eigenvalue weighted by molar-refractivity contribution is 4.82. The van der Waals surface area contributed by atoms with Crippen LogP contribution in [0.5, 0.6) is 0 Å². The fourth-order valence-electron chi connectivity index (χ4n) is 3.41. The van der Waals surface area contributed by atoms with Crippen LogP contribution in [0.4, 0.5) is 0 Å². The predicted molar refractivity (Wildman–Crippen MR) is 71.1 cm³/mol. The van der Waals surface area contributed by atoms with E-state index in [-0.39, 0.29) is 0 Å². The summed E-state index contributed by atoms with van der Waals surface area (Å²) < 4.78 is 0. The molecule has 0 radical (unpaired) electrons. The second-order valence-electron chi connectivity index (χ2n) is 5.68. The van der Waals surface area contributed by atoms with Crippen molar-refractivity contribution in [2.45, 2.75) is 45.1 Å². The molecule has 1 saturated carbocycles. The maximum absolute atomic E-state index is 8.93. The minimum atomic E-state index is 0.307. The number of hydrogen-bond donors (Lipinski definition) is 1. The van der Waals surface area contributed by atoms with Gasteiger partial charge in [-0.3, -0.25) is 9.80 Å². The lowest BCUT2D eigenvalue weighted by molar-refractivity contribution is 0.0623. The molecule has 1 aliphatic carbocycles. The standard InChI is InChI=1S/C14H28N2O/c1-2-13-3-5-14(6-4-13)16-9-7-15(8-10-16)11-12-17/h13-14,17H,2-12H2,1H3. The van der Waals surface area contributed by atoms with Crippen molar-refractivity contribution in [3.63, 3.8) is 0 Å². The first-order chi connectivity index (χ1) is 8.33. The summed E-state index contributed by atoms with van der Waals surface area (Å²) in [5.41, 5.74) is 0. The van der Waals surface area contributed by atoms with Crippen molar-refractivity contribution in [2.75, 3.05) is 39.3 Å². The van der Waals surface area contributed by atoms with Crippen molar-refractivity contribution in [1.82, 2.24) is 9.80 Å². The van der Waals surface area contributed by atoms with Gasteiger partial charge in [-0.25, -0.2) is 0 Å². The zero-order valence-corrected chi connectivity index (χ0v) is 11.3. The summed E-state index contributed by atoms with van der Waals surface area (Å²) in [6.45, 7) is 8.21. The van der Waals surface area contributed by atoms with Gasteiger partial charge in [0.2, 0.25) is 0 Å². The molecule has 3 nitrogen and oxygen atoms in total. The van der Waals surface area contributed by atoms with Crippen LogP contribution in [0.3, 0.4) is 0 Å². The van der Waals surface area contributed by atoms with Crippen LogP contribution >= 0.6 is 0 Å². The summed E-state index contributed by atoms with van der Waals surface area (Å²) in [7, 11) is 0. The van der Waals surface area contributed by atoms with E-state index in [2.05, 4.69) is 16.7 Å². The summed E-state index contributed by atoms with van der Waals surface area (Å²) in [6.07, 6.45) is 7.09. The van der Waals surface area contributed by atoms with Gasteiger partial charge in [0.05, 0.1) is 6.61 Å². The molecule has 2 fully saturated rings. The Morgan fingerprint density at radius 1 is 1.00 bits per heavy atom. The zero-order valence-electron chi connectivity index (χ0n) is 11.3. The van der Waals surface area contributed by atoms with Crippen LogP contribution in [0.25, 0.3) is 0 Å². The Morgan fingerprint density at radius 2 is 1.65 bits per heavy atom. The molecule has 0 aromatic carbocycles. The molecule has 0 bridgehead atoms. The lowest BCUT2D eigenvalue weighted by atomic mass is 9.84. The number of hydrogen-bond acceptors (Lipinski definition) is 3. The Balaban J connectivity index is 1.70. The average molecular weight is 240 g/mol. The minimum absolute atomic E-state index is 0.307.